The number of amides is 3. The van der Waals surface area contributed by atoms with Crippen LogP contribution in [0.3, 0.4) is 0 Å². The molecule has 1 saturated heterocycles. The largest absolute Gasteiger partial charge is 0.460 e. The van der Waals surface area contributed by atoms with Crippen molar-refractivity contribution in [1.82, 2.24) is 16.0 Å². The first-order chi connectivity index (χ1) is 18.6. The average molecular weight is 538 g/mol. The highest BCUT2D eigenvalue weighted by atomic mass is 16.5. The van der Waals surface area contributed by atoms with Crippen LogP contribution < -0.4 is 16.0 Å². The van der Waals surface area contributed by atoms with Gasteiger partial charge in [-0.1, -0.05) is 89.4 Å². The second kappa shape index (κ2) is 14.1. The molecule has 1 aliphatic rings. The lowest BCUT2D eigenvalue weighted by Gasteiger charge is -2.29. The molecule has 0 aliphatic carbocycles. The van der Waals surface area contributed by atoms with Crippen molar-refractivity contribution in [2.75, 3.05) is 0 Å². The van der Waals surface area contributed by atoms with Crippen molar-refractivity contribution in [3.05, 3.63) is 48.0 Å². The molecule has 39 heavy (non-hydrogen) atoms. The van der Waals surface area contributed by atoms with Crippen LogP contribution in [0.5, 0.6) is 0 Å². The Morgan fingerprint density at radius 1 is 0.897 bits per heavy atom. The number of nitrogens with one attached hydrogen (secondary N) is 3. The highest BCUT2D eigenvalue weighted by molar-refractivity contribution is 5.94. The van der Waals surface area contributed by atoms with Crippen molar-refractivity contribution in [3.8, 4) is 0 Å². The summed E-state index contributed by atoms with van der Waals surface area (Å²) in [5, 5.41) is 10.5. The Hall–Kier alpha value is -3.42. The molecule has 2 aromatic carbocycles. The molecule has 0 unspecified atom stereocenters. The quantitative estimate of drug-likeness (QED) is 0.440. The number of rotatable bonds is 8. The highest BCUT2D eigenvalue weighted by Gasteiger charge is 2.35. The second-order valence-electron chi connectivity index (χ2n) is 10.9. The molecule has 0 spiro atoms. The number of cyclic esters (lactones) is 1. The Morgan fingerprint density at radius 2 is 1.62 bits per heavy atom. The molecule has 6 atom stereocenters. The van der Waals surface area contributed by atoms with Crippen molar-refractivity contribution in [2.24, 2.45) is 11.8 Å². The third-order valence-corrected chi connectivity index (χ3v) is 7.72. The summed E-state index contributed by atoms with van der Waals surface area (Å²) in [5.74, 6) is -2.11. The van der Waals surface area contributed by atoms with Gasteiger partial charge in [0.05, 0.1) is 6.42 Å². The smallest absolute Gasteiger partial charge is 0.329 e. The summed E-state index contributed by atoms with van der Waals surface area (Å²) < 4.78 is 5.92. The Bertz CT molecular complexity index is 1170. The lowest BCUT2D eigenvalue weighted by Crippen LogP contribution is -2.55. The molecule has 1 fully saturated rings. The van der Waals surface area contributed by atoms with Crippen molar-refractivity contribution in [3.63, 3.8) is 0 Å². The van der Waals surface area contributed by atoms with Gasteiger partial charge in [-0.05, 0) is 41.5 Å². The summed E-state index contributed by atoms with van der Waals surface area (Å²) in [6.07, 6.45) is 2.87. The molecule has 3 rings (SSSR count). The van der Waals surface area contributed by atoms with Gasteiger partial charge in [-0.15, -0.1) is 0 Å². The number of esters is 1. The summed E-state index contributed by atoms with van der Waals surface area (Å²) in [6, 6.07) is 11.2. The normalized spacial score (nSPS) is 24.7. The van der Waals surface area contributed by atoms with Gasteiger partial charge in [-0.2, -0.15) is 0 Å². The fraction of sp³-hybridized carbons (Fsp3) is 0.548. The summed E-state index contributed by atoms with van der Waals surface area (Å²) in [7, 11) is 0. The minimum Gasteiger partial charge on any atom is -0.460 e. The molecule has 0 radical (unpaired) electrons. The Labute approximate surface area is 231 Å². The van der Waals surface area contributed by atoms with E-state index in [2.05, 4.69) is 22.9 Å². The number of benzene rings is 2. The average Bonchev–Trinajstić information content (AvgIpc) is 2.92. The molecule has 212 valence electrons. The van der Waals surface area contributed by atoms with Gasteiger partial charge in [0, 0.05) is 6.42 Å². The van der Waals surface area contributed by atoms with E-state index in [0.29, 0.717) is 6.42 Å². The SMILES string of the molecule is CCCC[C@H](C)[C@H]1CC(=O)N[C@H](Cc2ccc3ccccc3c2)C(=O)N[C@@H](C)C(=O)N[C@H]([C@@H](C)CC)C(=O)O1. The van der Waals surface area contributed by atoms with Gasteiger partial charge in [-0.3, -0.25) is 14.4 Å². The topological polar surface area (TPSA) is 114 Å². The molecule has 8 nitrogen and oxygen atoms in total. The molecule has 3 amide bonds. The first-order valence-electron chi connectivity index (χ1n) is 14.2. The molecule has 0 bridgehead atoms. The zero-order chi connectivity index (χ0) is 28.5. The number of hydrogen-bond acceptors (Lipinski definition) is 5. The van der Waals surface area contributed by atoms with Crippen LogP contribution in [0, 0.1) is 11.8 Å². The van der Waals surface area contributed by atoms with Crippen molar-refractivity contribution in [2.45, 2.75) is 97.4 Å². The molecule has 0 saturated carbocycles. The third kappa shape index (κ3) is 8.28. The lowest BCUT2D eigenvalue weighted by atomic mass is 9.94. The van der Waals surface area contributed by atoms with Crippen molar-refractivity contribution < 1.29 is 23.9 Å². The van der Waals surface area contributed by atoms with Gasteiger partial charge in [0.1, 0.15) is 24.2 Å². The van der Waals surface area contributed by atoms with Gasteiger partial charge < -0.3 is 20.7 Å². The van der Waals surface area contributed by atoms with Crippen LogP contribution in [-0.4, -0.2) is 47.9 Å². The van der Waals surface area contributed by atoms with Crippen LogP contribution in [0.15, 0.2) is 42.5 Å². The Balaban J connectivity index is 1.92. The number of unbranched alkanes of at least 4 members (excludes halogenated alkanes) is 1. The molecule has 1 aliphatic heterocycles. The van der Waals surface area contributed by atoms with E-state index in [1.54, 1.807) is 6.92 Å². The summed E-state index contributed by atoms with van der Waals surface area (Å²) in [6.45, 7) is 9.42. The molecular formula is C31H43N3O5. The number of fused-ring (bicyclic) bond motifs is 1. The minimum atomic E-state index is -0.909. The van der Waals surface area contributed by atoms with Crippen LogP contribution in [0.1, 0.15) is 72.3 Å². The maximum absolute atomic E-state index is 13.4. The molecular weight excluding hydrogens is 494 g/mol. The van der Waals surface area contributed by atoms with Crippen molar-refractivity contribution >= 4 is 34.5 Å². The first-order valence-corrected chi connectivity index (χ1v) is 14.2. The maximum atomic E-state index is 13.4. The van der Waals surface area contributed by atoms with E-state index in [1.807, 2.05) is 63.2 Å². The van der Waals surface area contributed by atoms with E-state index in [1.165, 1.54) is 0 Å². The van der Waals surface area contributed by atoms with Crippen LogP contribution in [-0.2, 0) is 30.3 Å². The van der Waals surface area contributed by atoms with E-state index in [0.717, 1.165) is 35.6 Å². The van der Waals surface area contributed by atoms with Crippen LogP contribution in [0.2, 0.25) is 0 Å². The van der Waals surface area contributed by atoms with Crippen LogP contribution in [0.4, 0.5) is 0 Å². The van der Waals surface area contributed by atoms with Crippen molar-refractivity contribution in [1.29, 1.82) is 0 Å². The Morgan fingerprint density at radius 3 is 2.31 bits per heavy atom. The lowest BCUT2D eigenvalue weighted by molar-refractivity contribution is -0.158. The van der Waals surface area contributed by atoms with Gasteiger partial charge in [0.15, 0.2) is 0 Å². The minimum absolute atomic E-state index is 0.0607. The molecule has 1 heterocycles. The fourth-order valence-corrected chi connectivity index (χ4v) is 4.87. The number of carbonyl (C=O) groups excluding carboxylic acids is 4. The Kier molecular flexibility index (Phi) is 10.9. The third-order valence-electron chi connectivity index (χ3n) is 7.72. The molecule has 0 aromatic heterocycles. The zero-order valence-corrected chi connectivity index (χ0v) is 23.8. The monoisotopic (exact) mass is 537 g/mol. The highest BCUT2D eigenvalue weighted by Crippen LogP contribution is 2.22. The molecule has 8 heteroatoms. The number of ether oxygens (including phenoxy) is 1. The van der Waals surface area contributed by atoms with Gasteiger partial charge in [-0.25, -0.2) is 4.79 Å². The summed E-state index contributed by atoms with van der Waals surface area (Å²) >= 11 is 0. The standard InChI is InChI=1S/C31H43N3O5/c1-6-8-11-20(4)26-18-27(35)33-25(17-22-14-15-23-12-9-10-13-24(23)16-22)30(37)32-21(5)29(36)34-28(19(3)7-2)31(38)39-26/h9-10,12-16,19-21,25-26,28H,6-8,11,17-18H2,1-5H3,(H,32,37)(H,33,35)(H,34,36)/t19-,20-,21-,25+,26+,28+/m0/s1. The zero-order valence-electron chi connectivity index (χ0n) is 23.8. The van der Waals surface area contributed by atoms with E-state index < -0.39 is 42.0 Å². The predicted octanol–water partition coefficient (Wildman–Crippen LogP) is 4.04. The van der Waals surface area contributed by atoms with Gasteiger partial charge in [0.25, 0.3) is 0 Å². The fourth-order valence-electron chi connectivity index (χ4n) is 4.87. The van der Waals surface area contributed by atoms with Crippen LogP contribution in [0.25, 0.3) is 10.8 Å². The maximum Gasteiger partial charge on any atom is 0.329 e. The van der Waals surface area contributed by atoms with Crippen LogP contribution >= 0.6 is 0 Å². The van der Waals surface area contributed by atoms with E-state index in [-0.39, 0.29) is 30.6 Å². The van der Waals surface area contributed by atoms with Gasteiger partial charge in [0.2, 0.25) is 17.7 Å². The number of hydrogen-bond donors (Lipinski definition) is 3. The summed E-state index contributed by atoms with van der Waals surface area (Å²) in [5.41, 5.74) is 0.881. The first kappa shape index (κ1) is 30.1. The van der Waals surface area contributed by atoms with E-state index >= 15 is 0 Å². The van der Waals surface area contributed by atoms with E-state index in [4.69, 9.17) is 4.74 Å². The summed E-state index contributed by atoms with van der Waals surface area (Å²) in [4.78, 5) is 53.0. The second-order valence-corrected chi connectivity index (χ2v) is 10.9. The molecule has 3 N–H and O–H groups in total. The van der Waals surface area contributed by atoms with Gasteiger partial charge >= 0.3 is 5.97 Å². The number of carbonyl (C=O) groups is 4. The van der Waals surface area contributed by atoms with E-state index in [9.17, 15) is 19.2 Å². The predicted molar refractivity (Wildman–Crippen MR) is 152 cm³/mol. The molecule has 2 aromatic rings.